The summed E-state index contributed by atoms with van der Waals surface area (Å²) in [6, 6.07) is 13.3. The van der Waals surface area contributed by atoms with Crippen LogP contribution < -0.4 is 10.1 Å². The Morgan fingerprint density at radius 2 is 2.07 bits per heavy atom. The first-order valence-corrected chi connectivity index (χ1v) is 10.1. The summed E-state index contributed by atoms with van der Waals surface area (Å²) in [5.74, 6) is 1.44. The van der Waals surface area contributed by atoms with Gasteiger partial charge in [0.25, 0.3) is 0 Å². The van der Waals surface area contributed by atoms with E-state index in [0.29, 0.717) is 28.2 Å². The number of anilines is 1. The highest BCUT2D eigenvalue weighted by Crippen LogP contribution is 2.28. The number of ether oxygens (including phenoxy) is 1. The Hall–Kier alpha value is -2.51. The van der Waals surface area contributed by atoms with Crippen molar-refractivity contribution in [3.8, 4) is 17.1 Å². The van der Waals surface area contributed by atoms with E-state index in [1.165, 1.54) is 11.8 Å². The Kier molecular flexibility index (Phi) is 6.59. The van der Waals surface area contributed by atoms with E-state index in [2.05, 4.69) is 21.6 Å². The predicted octanol–water partition coefficient (Wildman–Crippen LogP) is 4.67. The van der Waals surface area contributed by atoms with Gasteiger partial charge in [0.1, 0.15) is 5.75 Å². The zero-order valence-corrected chi connectivity index (χ0v) is 17.5. The minimum absolute atomic E-state index is 0.144. The van der Waals surface area contributed by atoms with E-state index in [1.807, 2.05) is 36.6 Å². The van der Waals surface area contributed by atoms with Gasteiger partial charge in [-0.15, -0.1) is 10.2 Å². The van der Waals surface area contributed by atoms with E-state index in [9.17, 15) is 4.79 Å². The monoisotopic (exact) mass is 416 g/mol. The van der Waals surface area contributed by atoms with E-state index >= 15 is 0 Å². The molecular formula is C20H21ClN4O2S. The Morgan fingerprint density at radius 1 is 1.25 bits per heavy atom. The van der Waals surface area contributed by atoms with Gasteiger partial charge in [-0.05, 0) is 38.1 Å². The molecule has 3 aromatic rings. The van der Waals surface area contributed by atoms with Crippen molar-refractivity contribution in [2.75, 3.05) is 18.2 Å². The highest BCUT2D eigenvalue weighted by atomic mass is 35.5. The number of nitrogens with zero attached hydrogens (tertiary/aromatic N) is 3. The quantitative estimate of drug-likeness (QED) is 0.567. The fourth-order valence-electron chi connectivity index (χ4n) is 2.75. The summed E-state index contributed by atoms with van der Waals surface area (Å²) in [4.78, 5) is 12.3. The normalized spacial score (nSPS) is 10.7. The second-order valence-corrected chi connectivity index (χ2v) is 7.46. The summed E-state index contributed by atoms with van der Waals surface area (Å²) in [7, 11) is 1.55. The van der Waals surface area contributed by atoms with Crippen LogP contribution in [0.3, 0.4) is 0 Å². The van der Waals surface area contributed by atoms with Gasteiger partial charge in [0.15, 0.2) is 11.0 Å². The van der Waals surface area contributed by atoms with Crippen LogP contribution in [0.5, 0.6) is 5.75 Å². The van der Waals surface area contributed by atoms with Crippen molar-refractivity contribution in [2.24, 2.45) is 0 Å². The lowest BCUT2D eigenvalue weighted by molar-refractivity contribution is -0.113. The first kappa shape index (κ1) is 20.2. The van der Waals surface area contributed by atoms with Crippen molar-refractivity contribution in [3.05, 3.63) is 53.1 Å². The number of aromatic nitrogens is 3. The van der Waals surface area contributed by atoms with Gasteiger partial charge in [0, 0.05) is 17.8 Å². The SMILES string of the molecule is CCn1c(SCC(=O)Nc2ccc(OC)c(Cl)c2)nnc1-c1cccc(C)c1. The molecule has 6 nitrogen and oxygen atoms in total. The van der Waals surface area contributed by atoms with Crippen LogP contribution in [-0.4, -0.2) is 33.5 Å². The molecule has 1 aromatic heterocycles. The second-order valence-electron chi connectivity index (χ2n) is 6.11. The van der Waals surface area contributed by atoms with Crippen LogP contribution >= 0.6 is 23.4 Å². The lowest BCUT2D eigenvalue weighted by atomic mass is 10.1. The fourth-order valence-corrected chi connectivity index (χ4v) is 3.81. The summed E-state index contributed by atoms with van der Waals surface area (Å²) in [6.45, 7) is 4.79. The number of carbonyl (C=O) groups excluding carboxylic acids is 1. The molecule has 0 saturated heterocycles. The number of aryl methyl sites for hydroxylation is 1. The predicted molar refractivity (Wildman–Crippen MR) is 113 cm³/mol. The molecule has 0 aliphatic heterocycles. The first-order chi connectivity index (χ1) is 13.5. The molecule has 0 saturated carbocycles. The van der Waals surface area contributed by atoms with Crippen molar-refractivity contribution in [1.29, 1.82) is 0 Å². The van der Waals surface area contributed by atoms with Gasteiger partial charge in [0.05, 0.1) is 17.9 Å². The summed E-state index contributed by atoms with van der Waals surface area (Å²) < 4.78 is 7.13. The number of amides is 1. The average molecular weight is 417 g/mol. The molecule has 1 N–H and O–H groups in total. The molecule has 0 unspecified atom stereocenters. The van der Waals surface area contributed by atoms with Crippen LogP contribution in [0.4, 0.5) is 5.69 Å². The van der Waals surface area contributed by atoms with Gasteiger partial charge < -0.3 is 14.6 Å². The van der Waals surface area contributed by atoms with Crippen LogP contribution in [0, 0.1) is 6.92 Å². The van der Waals surface area contributed by atoms with Gasteiger partial charge in [-0.1, -0.05) is 47.1 Å². The standard InChI is InChI=1S/C20H21ClN4O2S/c1-4-25-19(14-7-5-6-13(2)10-14)23-24-20(25)28-12-18(26)22-15-8-9-17(27-3)16(21)11-15/h5-11H,4,12H2,1-3H3,(H,22,26). The third kappa shape index (κ3) is 4.66. The maximum Gasteiger partial charge on any atom is 0.234 e. The fraction of sp³-hybridized carbons (Fsp3) is 0.250. The molecule has 146 valence electrons. The molecule has 1 amide bonds. The van der Waals surface area contributed by atoms with E-state index in [0.717, 1.165) is 17.0 Å². The molecule has 0 bridgehead atoms. The molecule has 8 heteroatoms. The van der Waals surface area contributed by atoms with Crippen LogP contribution in [0.1, 0.15) is 12.5 Å². The number of benzene rings is 2. The number of rotatable bonds is 7. The molecule has 3 rings (SSSR count). The summed E-state index contributed by atoms with van der Waals surface area (Å²) in [5.41, 5.74) is 2.79. The number of methoxy groups -OCH3 is 1. The minimum atomic E-state index is -0.144. The van der Waals surface area contributed by atoms with Crippen molar-refractivity contribution in [3.63, 3.8) is 0 Å². The van der Waals surface area contributed by atoms with Gasteiger partial charge in [0.2, 0.25) is 5.91 Å². The molecule has 0 aliphatic rings. The third-order valence-corrected chi connectivity index (χ3v) is 5.34. The van der Waals surface area contributed by atoms with Crippen LogP contribution in [0.25, 0.3) is 11.4 Å². The highest BCUT2D eigenvalue weighted by molar-refractivity contribution is 7.99. The van der Waals surface area contributed by atoms with E-state index in [4.69, 9.17) is 16.3 Å². The van der Waals surface area contributed by atoms with Crippen LogP contribution in [0.15, 0.2) is 47.6 Å². The number of thioether (sulfide) groups is 1. The Balaban J connectivity index is 1.67. The van der Waals surface area contributed by atoms with Gasteiger partial charge in [-0.2, -0.15) is 0 Å². The largest absolute Gasteiger partial charge is 0.495 e. The van der Waals surface area contributed by atoms with Gasteiger partial charge in [-0.3, -0.25) is 4.79 Å². The van der Waals surface area contributed by atoms with E-state index in [1.54, 1.807) is 25.3 Å². The summed E-state index contributed by atoms with van der Waals surface area (Å²) >= 11 is 7.44. The summed E-state index contributed by atoms with van der Waals surface area (Å²) in [5, 5.41) is 12.6. The first-order valence-electron chi connectivity index (χ1n) is 8.78. The zero-order valence-electron chi connectivity index (χ0n) is 15.9. The number of halogens is 1. The molecule has 28 heavy (non-hydrogen) atoms. The maximum absolute atomic E-state index is 12.3. The van der Waals surface area contributed by atoms with Crippen molar-refractivity contribution in [1.82, 2.24) is 14.8 Å². The maximum atomic E-state index is 12.3. The Labute approximate surface area is 173 Å². The molecular weight excluding hydrogens is 396 g/mol. The second kappa shape index (κ2) is 9.12. The molecule has 0 fully saturated rings. The molecule has 0 atom stereocenters. The Bertz CT molecular complexity index is 990. The van der Waals surface area contributed by atoms with Gasteiger partial charge >= 0.3 is 0 Å². The smallest absolute Gasteiger partial charge is 0.234 e. The van der Waals surface area contributed by atoms with Crippen LogP contribution in [-0.2, 0) is 11.3 Å². The van der Waals surface area contributed by atoms with E-state index in [-0.39, 0.29) is 11.7 Å². The minimum Gasteiger partial charge on any atom is -0.495 e. The molecule has 1 heterocycles. The lowest BCUT2D eigenvalue weighted by Gasteiger charge is -2.09. The third-order valence-electron chi connectivity index (χ3n) is 4.08. The zero-order chi connectivity index (χ0) is 20.1. The van der Waals surface area contributed by atoms with Crippen molar-refractivity contribution < 1.29 is 9.53 Å². The number of hydrogen-bond donors (Lipinski definition) is 1. The van der Waals surface area contributed by atoms with Gasteiger partial charge in [-0.25, -0.2) is 0 Å². The highest BCUT2D eigenvalue weighted by Gasteiger charge is 2.15. The molecule has 0 aliphatic carbocycles. The molecule has 0 spiro atoms. The van der Waals surface area contributed by atoms with Crippen molar-refractivity contribution >= 4 is 35.0 Å². The number of carbonyl (C=O) groups is 1. The number of nitrogens with one attached hydrogen (secondary N) is 1. The summed E-state index contributed by atoms with van der Waals surface area (Å²) in [6.07, 6.45) is 0. The topological polar surface area (TPSA) is 69.0 Å². The average Bonchev–Trinajstić information content (AvgIpc) is 3.09. The Morgan fingerprint density at radius 3 is 2.75 bits per heavy atom. The lowest BCUT2D eigenvalue weighted by Crippen LogP contribution is -2.14. The number of hydrogen-bond acceptors (Lipinski definition) is 5. The molecule has 0 radical (unpaired) electrons. The molecule has 2 aromatic carbocycles. The van der Waals surface area contributed by atoms with Crippen LogP contribution in [0.2, 0.25) is 5.02 Å². The van der Waals surface area contributed by atoms with Crippen molar-refractivity contribution in [2.45, 2.75) is 25.5 Å². The van der Waals surface area contributed by atoms with E-state index < -0.39 is 0 Å².